The molecule has 6 nitrogen and oxygen atoms in total. The maximum absolute atomic E-state index is 6.06. The van der Waals surface area contributed by atoms with Crippen LogP contribution in [-0.4, -0.2) is 29.0 Å². The molecule has 2 aromatic rings. The normalized spacial score (nSPS) is 20.9. The molecule has 2 atom stereocenters. The zero-order valence-electron chi connectivity index (χ0n) is 12.5. The predicted octanol–water partition coefficient (Wildman–Crippen LogP) is 2.38. The molecule has 21 heavy (non-hydrogen) atoms. The van der Waals surface area contributed by atoms with Gasteiger partial charge in [-0.3, -0.25) is 4.57 Å². The molecule has 0 saturated heterocycles. The molecule has 1 aliphatic carbocycles. The van der Waals surface area contributed by atoms with Crippen molar-refractivity contribution in [3.8, 4) is 17.2 Å². The van der Waals surface area contributed by atoms with Crippen LogP contribution in [0.25, 0.3) is 5.69 Å². The fraction of sp³-hybridized carbons (Fsp3) is 0.467. The highest BCUT2D eigenvalue weighted by Gasteiger charge is 2.34. The van der Waals surface area contributed by atoms with E-state index in [0.29, 0.717) is 29.3 Å². The van der Waals surface area contributed by atoms with Gasteiger partial charge in [0.15, 0.2) is 0 Å². The van der Waals surface area contributed by atoms with Gasteiger partial charge in [-0.25, -0.2) is 0 Å². The Labute approximate surface area is 123 Å². The van der Waals surface area contributed by atoms with E-state index < -0.39 is 0 Å². The number of nitrogens with two attached hydrogens (primary N) is 1. The number of hydrogen-bond donors (Lipinski definition) is 1. The topological polar surface area (TPSA) is 75.2 Å². The summed E-state index contributed by atoms with van der Waals surface area (Å²) >= 11 is 0. The number of benzene rings is 1. The van der Waals surface area contributed by atoms with Gasteiger partial charge in [0.2, 0.25) is 5.95 Å². The Bertz CT molecular complexity index is 631. The number of nitrogens with zero attached hydrogens (tertiary/aromatic N) is 3. The fourth-order valence-electron chi connectivity index (χ4n) is 2.88. The lowest BCUT2D eigenvalue weighted by atomic mass is 9.74. The van der Waals surface area contributed by atoms with Crippen molar-refractivity contribution in [2.24, 2.45) is 5.92 Å². The quantitative estimate of drug-likeness (QED) is 0.935. The summed E-state index contributed by atoms with van der Waals surface area (Å²) in [7, 11) is 3.26. The molecule has 0 bridgehead atoms. The molecule has 0 aliphatic heterocycles. The molecule has 2 N–H and O–H groups in total. The molecular weight excluding hydrogens is 268 g/mol. The van der Waals surface area contributed by atoms with E-state index in [1.54, 1.807) is 14.2 Å². The Hall–Kier alpha value is -2.24. The van der Waals surface area contributed by atoms with Crippen molar-refractivity contribution in [3.05, 3.63) is 24.0 Å². The third-order valence-corrected chi connectivity index (χ3v) is 4.29. The van der Waals surface area contributed by atoms with Gasteiger partial charge in [0.1, 0.15) is 23.0 Å². The van der Waals surface area contributed by atoms with E-state index in [-0.39, 0.29) is 0 Å². The SMILES string of the molecule is COc1cccc(OC)c1-n1c(N)nnc1[C@H]1CC[C@@H]1C. The van der Waals surface area contributed by atoms with Gasteiger partial charge in [-0.1, -0.05) is 13.0 Å². The highest BCUT2D eigenvalue weighted by Crippen LogP contribution is 2.44. The number of hydrogen-bond acceptors (Lipinski definition) is 5. The van der Waals surface area contributed by atoms with Crippen molar-refractivity contribution in [1.82, 2.24) is 14.8 Å². The van der Waals surface area contributed by atoms with Crippen LogP contribution in [0.1, 0.15) is 31.5 Å². The van der Waals surface area contributed by atoms with E-state index in [1.807, 2.05) is 22.8 Å². The highest BCUT2D eigenvalue weighted by atomic mass is 16.5. The fourth-order valence-corrected chi connectivity index (χ4v) is 2.88. The second kappa shape index (κ2) is 5.27. The molecule has 0 amide bonds. The first-order chi connectivity index (χ1) is 10.2. The van der Waals surface area contributed by atoms with Gasteiger partial charge in [0.25, 0.3) is 0 Å². The van der Waals surface area contributed by atoms with Crippen LogP contribution in [-0.2, 0) is 0 Å². The van der Waals surface area contributed by atoms with Crippen LogP contribution in [0.15, 0.2) is 18.2 Å². The molecule has 1 saturated carbocycles. The molecule has 1 fully saturated rings. The smallest absolute Gasteiger partial charge is 0.226 e. The van der Waals surface area contributed by atoms with Crippen molar-refractivity contribution in [3.63, 3.8) is 0 Å². The average molecular weight is 288 g/mol. The van der Waals surface area contributed by atoms with Crippen molar-refractivity contribution >= 4 is 5.95 Å². The summed E-state index contributed by atoms with van der Waals surface area (Å²) in [6.45, 7) is 2.23. The molecule has 6 heteroatoms. The average Bonchev–Trinajstić information content (AvgIpc) is 2.85. The van der Waals surface area contributed by atoms with E-state index in [2.05, 4.69) is 17.1 Å². The summed E-state index contributed by atoms with van der Waals surface area (Å²) in [5, 5.41) is 8.35. The van der Waals surface area contributed by atoms with Gasteiger partial charge in [-0.15, -0.1) is 10.2 Å². The van der Waals surface area contributed by atoms with E-state index in [1.165, 1.54) is 6.42 Å². The van der Waals surface area contributed by atoms with E-state index >= 15 is 0 Å². The Morgan fingerprint density at radius 3 is 2.29 bits per heavy atom. The molecule has 1 aromatic carbocycles. The first kappa shape index (κ1) is 13.7. The zero-order valence-corrected chi connectivity index (χ0v) is 12.5. The Balaban J connectivity index is 2.19. The van der Waals surface area contributed by atoms with Crippen molar-refractivity contribution in [1.29, 1.82) is 0 Å². The van der Waals surface area contributed by atoms with Gasteiger partial charge in [0, 0.05) is 5.92 Å². The molecule has 0 radical (unpaired) electrons. The number of para-hydroxylation sites is 1. The number of aromatic nitrogens is 3. The van der Waals surface area contributed by atoms with Crippen LogP contribution in [0, 0.1) is 5.92 Å². The molecule has 3 rings (SSSR count). The second-order valence-electron chi connectivity index (χ2n) is 5.42. The molecule has 1 aliphatic rings. The van der Waals surface area contributed by atoms with Gasteiger partial charge >= 0.3 is 0 Å². The summed E-state index contributed by atoms with van der Waals surface area (Å²) < 4.78 is 12.8. The lowest BCUT2D eigenvalue weighted by molar-refractivity contribution is 0.265. The van der Waals surface area contributed by atoms with Crippen LogP contribution in [0.5, 0.6) is 11.5 Å². The van der Waals surface area contributed by atoms with Crippen molar-refractivity contribution in [2.45, 2.75) is 25.7 Å². The molecular formula is C15H20N4O2. The van der Waals surface area contributed by atoms with Crippen LogP contribution >= 0.6 is 0 Å². The van der Waals surface area contributed by atoms with Gasteiger partial charge in [0.05, 0.1) is 14.2 Å². The van der Waals surface area contributed by atoms with Crippen molar-refractivity contribution < 1.29 is 9.47 Å². The highest BCUT2D eigenvalue weighted by molar-refractivity contribution is 5.60. The lowest BCUT2D eigenvalue weighted by Crippen LogP contribution is -2.24. The van der Waals surface area contributed by atoms with Crippen LogP contribution in [0.3, 0.4) is 0 Å². The number of rotatable bonds is 4. The minimum Gasteiger partial charge on any atom is -0.494 e. The summed E-state index contributed by atoms with van der Waals surface area (Å²) in [6.07, 6.45) is 2.32. The van der Waals surface area contributed by atoms with Crippen molar-refractivity contribution in [2.75, 3.05) is 20.0 Å². The third-order valence-electron chi connectivity index (χ3n) is 4.29. The van der Waals surface area contributed by atoms with E-state index in [4.69, 9.17) is 15.2 Å². The van der Waals surface area contributed by atoms with Crippen LogP contribution in [0.2, 0.25) is 0 Å². The summed E-state index contributed by atoms with van der Waals surface area (Å²) in [5.41, 5.74) is 6.82. The summed E-state index contributed by atoms with van der Waals surface area (Å²) in [5.74, 6) is 3.58. The Kier molecular flexibility index (Phi) is 3.45. The van der Waals surface area contributed by atoms with Gasteiger partial charge < -0.3 is 15.2 Å². The maximum Gasteiger partial charge on any atom is 0.226 e. The first-order valence-electron chi connectivity index (χ1n) is 7.09. The molecule has 0 unspecified atom stereocenters. The summed E-state index contributed by atoms with van der Waals surface area (Å²) in [4.78, 5) is 0. The van der Waals surface area contributed by atoms with E-state index in [9.17, 15) is 0 Å². The number of anilines is 1. The zero-order chi connectivity index (χ0) is 15.0. The predicted molar refractivity (Wildman–Crippen MR) is 80.0 cm³/mol. The van der Waals surface area contributed by atoms with Crippen LogP contribution in [0.4, 0.5) is 5.95 Å². The molecule has 1 heterocycles. The molecule has 112 valence electrons. The van der Waals surface area contributed by atoms with Gasteiger partial charge in [-0.2, -0.15) is 0 Å². The molecule has 0 spiro atoms. The van der Waals surface area contributed by atoms with Gasteiger partial charge in [-0.05, 0) is 30.9 Å². The standard InChI is InChI=1S/C15H20N4O2/c1-9-7-8-10(9)14-17-18-15(16)19(14)13-11(20-2)5-4-6-12(13)21-3/h4-6,9-10H,7-8H2,1-3H3,(H2,16,18)/t9-,10-/m0/s1. The first-order valence-corrected chi connectivity index (χ1v) is 7.09. The summed E-state index contributed by atoms with van der Waals surface area (Å²) in [6, 6.07) is 5.64. The minimum atomic E-state index is 0.354. The second-order valence-corrected chi connectivity index (χ2v) is 5.42. The number of nitrogen functional groups attached to an aromatic ring is 1. The lowest BCUT2D eigenvalue weighted by Gasteiger charge is -2.33. The third kappa shape index (κ3) is 2.11. The maximum atomic E-state index is 6.06. The Morgan fingerprint density at radius 2 is 1.81 bits per heavy atom. The largest absolute Gasteiger partial charge is 0.494 e. The molecule has 1 aromatic heterocycles. The van der Waals surface area contributed by atoms with Crippen LogP contribution < -0.4 is 15.2 Å². The minimum absolute atomic E-state index is 0.354. The monoisotopic (exact) mass is 288 g/mol. The number of ether oxygens (including phenoxy) is 2. The Morgan fingerprint density at radius 1 is 1.14 bits per heavy atom. The van der Waals surface area contributed by atoms with E-state index in [0.717, 1.165) is 17.9 Å². The number of methoxy groups -OCH3 is 2.